The molecular weight excluding hydrogens is 387 g/mol. The number of nitrogens with zero attached hydrogens (tertiary/aromatic N) is 3. The van der Waals surface area contributed by atoms with Crippen LogP contribution in [0, 0.1) is 5.82 Å². The molecule has 1 amide bonds. The van der Waals surface area contributed by atoms with Crippen LogP contribution in [0.2, 0.25) is 0 Å². The average molecular weight is 406 g/mol. The second-order valence-electron chi connectivity index (χ2n) is 6.62. The van der Waals surface area contributed by atoms with Crippen molar-refractivity contribution < 1.29 is 13.9 Å². The molecule has 0 radical (unpaired) electrons. The maximum Gasteiger partial charge on any atom is 0.276 e. The minimum Gasteiger partial charge on any atom is -0.497 e. The topological polar surface area (TPSA) is 77.6 Å². The number of hydrogen-bond acceptors (Lipinski definition) is 4. The summed E-state index contributed by atoms with van der Waals surface area (Å²) in [5, 5.41) is 7.08. The fraction of sp³-hybridized carbons (Fsp3) is 0.136. The van der Waals surface area contributed by atoms with E-state index in [1.165, 1.54) is 27.3 Å². The van der Waals surface area contributed by atoms with Crippen LogP contribution in [0.1, 0.15) is 10.4 Å². The van der Waals surface area contributed by atoms with E-state index in [0.717, 1.165) is 11.3 Å². The molecule has 0 atom stereocenters. The van der Waals surface area contributed by atoms with Gasteiger partial charge in [0.25, 0.3) is 11.5 Å². The first-order chi connectivity index (χ1) is 14.6. The third kappa shape index (κ3) is 3.80. The SMILES string of the molecule is COc1ccc(-c2cc3c(=O)n(CCNC(=O)c4ccccc4F)ccn3n2)cc1. The smallest absolute Gasteiger partial charge is 0.276 e. The first kappa shape index (κ1) is 19.4. The van der Waals surface area contributed by atoms with Gasteiger partial charge in [-0.25, -0.2) is 8.91 Å². The highest BCUT2D eigenvalue weighted by Crippen LogP contribution is 2.21. The van der Waals surface area contributed by atoms with Gasteiger partial charge in [-0.3, -0.25) is 9.59 Å². The normalized spacial score (nSPS) is 10.9. The van der Waals surface area contributed by atoms with Gasteiger partial charge < -0.3 is 14.6 Å². The second kappa shape index (κ2) is 8.20. The molecule has 4 rings (SSSR count). The molecule has 7 nitrogen and oxygen atoms in total. The monoisotopic (exact) mass is 406 g/mol. The molecule has 0 unspecified atom stereocenters. The van der Waals surface area contributed by atoms with E-state index in [1.54, 1.807) is 31.6 Å². The molecule has 0 bridgehead atoms. The van der Waals surface area contributed by atoms with Crippen LogP contribution in [-0.4, -0.2) is 33.7 Å². The number of benzene rings is 2. The fourth-order valence-electron chi connectivity index (χ4n) is 3.14. The van der Waals surface area contributed by atoms with Crippen LogP contribution in [-0.2, 0) is 6.54 Å². The lowest BCUT2D eigenvalue weighted by Gasteiger charge is -2.08. The molecule has 8 heteroatoms. The molecule has 30 heavy (non-hydrogen) atoms. The highest BCUT2D eigenvalue weighted by atomic mass is 19.1. The Morgan fingerprint density at radius 1 is 1.13 bits per heavy atom. The third-order valence-electron chi connectivity index (χ3n) is 4.75. The summed E-state index contributed by atoms with van der Waals surface area (Å²) in [5.41, 5.74) is 1.69. The van der Waals surface area contributed by atoms with E-state index < -0.39 is 11.7 Å². The van der Waals surface area contributed by atoms with Crippen molar-refractivity contribution in [2.24, 2.45) is 0 Å². The molecule has 0 fully saturated rings. The summed E-state index contributed by atoms with van der Waals surface area (Å²) in [5.74, 6) is -0.366. The van der Waals surface area contributed by atoms with Crippen LogP contribution in [0.5, 0.6) is 5.75 Å². The minimum absolute atomic E-state index is 0.0276. The van der Waals surface area contributed by atoms with Crippen molar-refractivity contribution in [3.05, 3.63) is 88.7 Å². The maximum atomic E-state index is 13.7. The molecule has 0 saturated carbocycles. The van der Waals surface area contributed by atoms with Crippen LogP contribution >= 0.6 is 0 Å². The number of methoxy groups -OCH3 is 1. The second-order valence-corrected chi connectivity index (χ2v) is 6.62. The van der Waals surface area contributed by atoms with Gasteiger partial charge in [-0.05, 0) is 42.5 Å². The Hall–Kier alpha value is -3.94. The Morgan fingerprint density at radius 2 is 1.90 bits per heavy atom. The number of nitrogens with one attached hydrogen (secondary N) is 1. The summed E-state index contributed by atoms with van der Waals surface area (Å²) < 4.78 is 21.8. The van der Waals surface area contributed by atoms with E-state index in [-0.39, 0.29) is 24.2 Å². The van der Waals surface area contributed by atoms with Crippen molar-refractivity contribution in [1.82, 2.24) is 19.5 Å². The molecular formula is C22H19FN4O3. The summed E-state index contributed by atoms with van der Waals surface area (Å²) in [4.78, 5) is 24.9. The molecule has 2 aromatic carbocycles. The zero-order chi connectivity index (χ0) is 21.1. The maximum absolute atomic E-state index is 13.7. The standard InChI is InChI=1S/C22H19FN4O3/c1-30-16-8-6-15(7-9-16)19-14-20-22(29)26(12-13-27(20)25-19)11-10-24-21(28)17-4-2-3-5-18(17)23/h2-9,12-14H,10-11H2,1H3,(H,24,28). The predicted octanol–water partition coefficient (Wildman–Crippen LogP) is 2.74. The number of carbonyl (C=O) groups is 1. The summed E-state index contributed by atoms with van der Waals surface area (Å²) >= 11 is 0. The lowest BCUT2D eigenvalue weighted by Crippen LogP contribution is -2.31. The fourth-order valence-corrected chi connectivity index (χ4v) is 3.14. The number of halogens is 1. The van der Waals surface area contributed by atoms with E-state index in [1.807, 2.05) is 24.3 Å². The minimum atomic E-state index is -0.584. The predicted molar refractivity (Wildman–Crippen MR) is 110 cm³/mol. The first-order valence-corrected chi connectivity index (χ1v) is 9.33. The summed E-state index contributed by atoms with van der Waals surface area (Å²) in [7, 11) is 1.60. The average Bonchev–Trinajstić information content (AvgIpc) is 3.21. The van der Waals surface area contributed by atoms with E-state index in [4.69, 9.17) is 4.74 Å². The van der Waals surface area contributed by atoms with Gasteiger partial charge in [0.1, 0.15) is 17.1 Å². The molecule has 4 aromatic rings. The first-order valence-electron chi connectivity index (χ1n) is 9.33. The summed E-state index contributed by atoms with van der Waals surface area (Å²) in [6, 6.07) is 14.9. The molecule has 2 heterocycles. The number of hydrogen-bond donors (Lipinski definition) is 1. The van der Waals surface area contributed by atoms with Crippen molar-refractivity contribution in [3.8, 4) is 17.0 Å². The van der Waals surface area contributed by atoms with Gasteiger partial charge in [0.05, 0.1) is 18.4 Å². The van der Waals surface area contributed by atoms with Gasteiger partial charge in [-0.15, -0.1) is 0 Å². The van der Waals surface area contributed by atoms with Gasteiger partial charge >= 0.3 is 0 Å². The van der Waals surface area contributed by atoms with E-state index in [9.17, 15) is 14.0 Å². The molecule has 2 aromatic heterocycles. The van der Waals surface area contributed by atoms with Gasteiger partial charge in [-0.1, -0.05) is 12.1 Å². The molecule has 152 valence electrons. The van der Waals surface area contributed by atoms with Crippen molar-refractivity contribution in [1.29, 1.82) is 0 Å². The Kier molecular flexibility index (Phi) is 5.30. The van der Waals surface area contributed by atoms with Crippen LogP contribution in [0.4, 0.5) is 4.39 Å². The largest absolute Gasteiger partial charge is 0.497 e. The van der Waals surface area contributed by atoms with E-state index in [0.29, 0.717) is 11.2 Å². The number of rotatable bonds is 6. The zero-order valence-corrected chi connectivity index (χ0v) is 16.2. The highest BCUT2D eigenvalue weighted by Gasteiger charge is 2.12. The quantitative estimate of drug-likeness (QED) is 0.534. The number of amides is 1. The van der Waals surface area contributed by atoms with Gasteiger partial charge in [-0.2, -0.15) is 5.10 Å². The lowest BCUT2D eigenvalue weighted by molar-refractivity contribution is 0.0948. The Balaban J connectivity index is 1.50. The number of fused-ring (bicyclic) bond motifs is 1. The number of carbonyl (C=O) groups excluding carboxylic acids is 1. The third-order valence-corrected chi connectivity index (χ3v) is 4.75. The van der Waals surface area contributed by atoms with Crippen molar-refractivity contribution in [2.45, 2.75) is 6.54 Å². The zero-order valence-electron chi connectivity index (χ0n) is 16.2. The molecule has 0 saturated heterocycles. The van der Waals surface area contributed by atoms with Crippen LogP contribution in [0.3, 0.4) is 0 Å². The van der Waals surface area contributed by atoms with E-state index >= 15 is 0 Å². The molecule has 1 N–H and O–H groups in total. The Labute approximate surface area is 171 Å². The Bertz CT molecular complexity index is 1260. The summed E-state index contributed by atoms with van der Waals surface area (Å²) in [6.45, 7) is 0.432. The Morgan fingerprint density at radius 3 is 2.63 bits per heavy atom. The van der Waals surface area contributed by atoms with Gasteiger partial charge in [0, 0.05) is 31.0 Å². The molecule has 0 aliphatic carbocycles. The highest BCUT2D eigenvalue weighted by molar-refractivity contribution is 5.94. The van der Waals surface area contributed by atoms with Crippen LogP contribution in [0.15, 0.2) is 71.8 Å². The molecule has 0 aliphatic heterocycles. The van der Waals surface area contributed by atoms with Crippen molar-refractivity contribution in [3.63, 3.8) is 0 Å². The molecule has 0 spiro atoms. The van der Waals surface area contributed by atoms with Gasteiger partial charge in [0.15, 0.2) is 0 Å². The number of ether oxygens (including phenoxy) is 1. The number of aromatic nitrogens is 3. The van der Waals surface area contributed by atoms with E-state index in [2.05, 4.69) is 10.4 Å². The lowest BCUT2D eigenvalue weighted by atomic mass is 10.1. The van der Waals surface area contributed by atoms with Gasteiger partial charge in [0.2, 0.25) is 0 Å². The van der Waals surface area contributed by atoms with Crippen molar-refractivity contribution in [2.75, 3.05) is 13.7 Å². The van der Waals surface area contributed by atoms with Crippen LogP contribution < -0.4 is 15.6 Å². The van der Waals surface area contributed by atoms with Crippen molar-refractivity contribution >= 4 is 11.4 Å². The molecule has 0 aliphatic rings. The summed E-state index contributed by atoms with van der Waals surface area (Å²) in [6.07, 6.45) is 3.29. The van der Waals surface area contributed by atoms with Crippen LogP contribution in [0.25, 0.3) is 16.8 Å².